The zero-order valence-electron chi connectivity index (χ0n) is 15.7. The molecule has 0 aliphatic carbocycles. The van der Waals surface area contributed by atoms with E-state index in [-0.39, 0.29) is 17.9 Å². The van der Waals surface area contributed by atoms with Crippen LogP contribution in [0.5, 0.6) is 0 Å². The van der Waals surface area contributed by atoms with Gasteiger partial charge in [-0.3, -0.25) is 0 Å². The highest BCUT2D eigenvalue weighted by molar-refractivity contribution is 7.91. The fourth-order valence-corrected chi connectivity index (χ4v) is 3.20. The number of piperidine rings is 1. The maximum absolute atomic E-state index is 12.1. The van der Waals surface area contributed by atoms with Crippen LogP contribution in [0.1, 0.15) is 39.3 Å². The Morgan fingerprint density at radius 1 is 1.35 bits per heavy atom. The molecule has 1 aromatic rings. The fourth-order valence-electron chi connectivity index (χ4n) is 2.71. The Morgan fingerprint density at radius 2 is 1.96 bits per heavy atom. The number of aromatic nitrogens is 2. The van der Waals surface area contributed by atoms with E-state index in [9.17, 15) is 13.2 Å². The molecule has 0 atom stereocenters. The molecule has 1 fully saturated rings. The lowest BCUT2D eigenvalue weighted by Gasteiger charge is -2.33. The largest absolute Gasteiger partial charge is 0.384 e. The van der Waals surface area contributed by atoms with Crippen LogP contribution in [0.3, 0.4) is 0 Å². The van der Waals surface area contributed by atoms with Crippen LogP contribution < -0.4 is 21.3 Å². The summed E-state index contributed by atoms with van der Waals surface area (Å²) in [6, 6.07) is 1.43. The van der Waals surface area contributed by atoms with E-state index in [0.29, 0.717) is 31.3 Å². The van der Waals surface area contributed by atoms with Crippen LogP contribution in [0.2, 0.25) is 0 Å². The van der Waals surface area contributed by atoms with Gasteiger partial charge in [-0.1, -0.05) is 0 Å². The number of amides is 2. The van der Waals surface area contributed by atoms with Crippen molar-refractivity contribution in [3.8, 4) is 0 Å². The molecule has 1 aliphatic heterocycles. The van der Waals surface area contributed by atoms with E-state index >= 15 is 0 Å². The van der Waals surface area contributed by atoms with Crippen molar-refractivity contribution in [2.45, 2.75) is 44.4 Å². The molecular formula is C16H28N6O3S. The van der Waals surface area contributed by atoms with Gasteiger partial charge in [0.2, 0.25) is 5.95 Å². The molecule has 0 unspecified atom stereocenters. The van der Waals surface area contributed by atoms with Crippen molar-refractivity contribution >= 4 is 27.6 Å². The van der Waals surface area contributed by atoms with E-state index in [1.807, 2.05) is 11.8 Å². The zero-order chi connectivity index (χ0) is 19.5. The van der Waals surface area contributed by atoms with Crippen LogP contribution in [0.25, 0.3) is 0 Å². The number of rotatable bonds is 5. The lowest BCUT2D eigenvalue weighted by molar-refractivity contribution is 0.235. The summed E-state index contributed by atoms with van der Waals surface area (Å²) in [4.78, 5) is 22.3. The lowest BCUT2D eigenvalue weighted by Crippen LogP contribution is -2.48. The summed E-state index contributed by atoms with van der Waals surface area (Å²) in [6.07, 6.45) is 2.68. The summed E-state index contributed by atoms with van der Waals surface area (Å²) in [5.74, 6) is 0.664. The maximum atomic E-state index is 12.1. The van der Waals surface area contributed by atoms with Gasteiger partial charge >= 0.3 is 6.03 Å². The molecular weight excluding hydrogens is 356 g/mol. The van der Waals surface area contributed by atoms with Gasteiger partial charge in [0.05, 0.1) is 5.69 Å². The third-order valence-corrected chi connectivity index (χ3v) is 6.79. The number of nitrogens with one attached hydrogen (secondary N) is 2. The Morgan fingerprint density at radius 3 is 2.50 bits per heavy atom. The molecule has 26 heavy (non-hydrogen) atoms. The van der Waals surface area contributed by atoms with E-state index in [2.05, 4.69) is 20.6 Å². The first-order valence-electron chi connectivity index (χ1n) is 8.68. The van der Waals surface area contributed by atoms with Gasteiger partial charge in [-0.05, 0) is 33.6 Å². The topological polar surface area (TPSA) is 130 Å². The van der Waals surface area contributed by atoms with Gasteiger partial charge in [0.25, 0.3) is 0 Å². The Balaban J connectivity index is 2.13. The smallest absolute Gasteiger partial charge is 0.314 e. The average Bonchev–Trinajstić information content (AvgIpc) is 2.54. The summed E-state index contributed by atoms with van der Waals surface area (Å²) in [5.41, 5.74) is 6.27. The van der Waals surface area contributed by atoms with Crippen molar-refractivity contribution in [3.05, 3.63) is 11.8 Å². The minimum absolute atomic E-state index is 0.0887. The minimum atomic E-state index is -3.37. The SMILES string of the molecule is CCNC(=O)NC1CCN(c2nc(N)cc(C(C)(C)S(C)(=O)=O)n2)CC1. The predicted molar refractivity (Wildman–Crippen MR) is 102 cm³/mol. The van der Waals surface area contributed by atoms with Crippen molar-refractivity contribution in [1.82, 2.24) is 20.6 Å². The molecule has 1 aromatic heterocycles. The molecule has 2 amide bonds. The van der Waals surface area contributed by atoms with E-state index < -0.39 is 14.6 Å². The van der Waals surface area contributed by atoms with Crippen molar-refractivity contribution in [3.63, 3.8) is 0 Å². The van der Waals surface area contributed by atoms with Gasteiger partial charge in [-0.2, -0.15) is 4.98 Å². The van der Waals surface area contributed by atoms with Crippen molar-refractivity contribution in [1.29, 1.82) is 0 Å². The highest BCUT2D eigenvalue weighted by atomic mass is 32.2. The monoisotopic (exact) mass is 384 g/mol. The number of urea groups is 1. The quantitative estimate of drug-likeness (QED) is 0.678. The van der Waals surface area contributed by atoms with Crippen molar-refractivity contribution in [2.24, 2.45) is 0 Å². The molecule has 1 saturated heterocycles. The second-order valence-electron chi connectivity index (χ2n) is 7.03. The van der Waals surface area contributed by atoms with Crippen LogP contribution >= 0.6 is 0 Å². The molecule has 9 nitrogen and oxygen atoms in total. The Hall–Kier alpha value is -2.10. The zero-order valence-corrected chi connectivity index (χ0v) is 16.6. The summed E-state index contributed by atoms with van der Waals surface area (Å²) in [5, 5.41) is 5.66. The van der Waals surface area contributed by atoms with Crippen LogP contribution in [0.15, 0.2) is 6.07 Å². The van der Waals surface area contributed by atoms with E-state index in [4.69, 9.17) is 5.73 Å². The number of anilines is 2. The number of carbonyl (C=O) groups is 1. The second-order valence-corrected chi connectivity index (χ2v) is 9.59. The predicted octanol–water partition coefficient (Wildman–Crippen LogP) is 0.626. The number of nitrogen functional groups attached to an aromatic ring is 1. The molecule has 0 bridgehead atoms. The van der Waals surface area contributed by atoms with E-state index in [0.717, 1.165) is 12.8 Å². The summed E-state index contributed by atoms with van der Waals surface area (Å²) in [6.45, 7) is 6.97. The van der Waals surface area contributed by atoms with Crippen LogP contribution in [-0.4, -0.2) is 56.3 Å². The number of carbonyl (C=O) groups excluding carboxylic acids is 1. The molecule has 146 valence electrons. The molecule has 0 aromatic carbocycles. The van der Waals surface area contributed by atoms with Crippen LogP contribution in [-0.2, 0) is 14.6 Å². The third-order valence-electron chi connectivity index (χ3n) is 4.73. The first kappa shape index (κ1) is 20.2. The number of nitrogens with two attached hydrogens (primary N) is 1. The minimum Gasteiger partial charge on any atom is -0.384 e. The van der Waals surface area contributed by atoms with Gasteiger partial charge in [0.15, 0.2) is 9.84 Å². The molecule has 2 rings (SSSR count). The summed E-state index contributed by atoms with van der Waals surface area (Å²) < 4.78 is 23.0. The van der Waals surface area contributed by atoms with Crippen molar-refractivity contribution < 1.29 is 13.2 Å². The van der Waals surface area contributed by atoms with Gasteiger partial charge in [0, 0.05) is 38.0 Å². The molecule has 4 N–H and O–H groups in total. The lowest BCUT2D eigenvalue weighted by atomic mass is 10.1. The van der Waals surface area contributed by atoms with E-state index in [1.165, 1.54) is 12.3 Å². The molecule has 0 spiro atoms. The summed E-state index contributed by atoms with van der Waals surface area (Å²) in [7, 11) is -3.37. The first-order chi connectivity index (χ1) is 12.0. The van der Waals surface area contributed by atoms with Crippen LogP contribution in [0, 0.1) is 0 Å². The Labute approximate surface area is 154 Å². The van der Waals surface area contributed by atoms with Gasteiger partial charge < -0.3 is 21.3 Å². The molecule has 2 heterocycles. The fraction of sp³-hybridized carbons (Fsp3) is 0.688. The highest BCUT2D eigenvalue weighted by Crippen LogP contribution is 2.30. The summed E-state index contributed by atoms with van der Waals surface area (Å²) >= 11 is 0. The average molecular weight is 385 g/mol. The number of hydrogen-bond donors (Lipinski definition) is 3. The Kier molecular flexibility index (Phi) is 5.94. The molecule has 0 saturated carbocycles. The van der Waals surface area contributed by atoms with E-state index in [1.54, 1.807) is 13.8 Å². The van der Waals surface area contributed by atoms with Crippen LogP contribution in [0.4, 0.5) is 16.6 Å². The number of nitrogens with zero attached hydrogens (tertiary/aromatic N) is 3. The number of sulfone groups is 1. The highest BCUT2D eigenvalue weighted by Gasteiger charge is 2.35. The van der Waals surface area contributed by atoms with Gasteiger partial charge in [0.1, 0.15) is 10.6 Å². The second kappa shape index (κ2) is 7.65. The van der Waals surface area contributed by atoms with Gasteiger partial charge in [-0.25, -0.2) is 18.2 Å². The standard InChI is InChI=1S/C16H28N6O3S/c1-5-18-15(23)19-11-6-8-22(9-7-11)14-20-12(10-13(17)21-14)16(2,3)26(4,24)25/h10-11H,5-9H2,1-4H3,(H2,17,20,21)(H2,18,19,23). The molecule has 10 heteroatoms. The first-order valence-corrected chi connectivity index (χ1v) is 10.6. The van der Waals surface area contributed by atoms with Gasteiger partial charge in [-0.15, -0.1) is 0 Å². The Bertz CT molecular complexity index is 757. The molecule has 0 radical (unpaired) electrons. The third kappa shape index (κ3) is 4.54. The maximum Gasteiger partial charge on any atom is 0.314 e. The number of hydrogen-bond acceptors (Lipinski definition) is 7. The normalized spacial score (nSPS) is 16.4. The molecule has 1 aliphatic rings. The van der Waals surface area contributed by atoms with Crippen molar-refractivity contribution in [2.75, 3.05) is 36.5 Å².